The van der Waals surface area contributed by atoms with Gasteiger partial charge in [-0.15, -0.1) is 11.8 Å². The van der Waals surface area contributed by atoms with Gasteiger partial charge in [-0.05, 0) is 48.2 Å². The van der Waals surface area contributed by atoms with Gasteiger partial charge in [0.15, 0.2) is 0 Å². The summed E-state index contributed by atoms with van der Waals surface area (Å²) >= 11 is 7.74. The quantitative estimate of drug-likeness (QED) is 0.372. The Hall–Kier alpha value is -2.68. The first-order valence-corrected chi connectivity index (χ1v) is 12.3. The molecule has 2 aromatic heterocycles. The number of hydrogen-bond donors (Lipinski definition) is 1. The van der Waals surface area contributed by atoms with Crippen molar-refractivity contribution in [2.75, 3.05) is 5.75 Å². The molecule has 0 aliphatic heterocycles. The van der Waals surface area contributed by atoms with E-state index < -0.39 is 16.0 Å². The summed E-state index contributed by atoms with van der Waals surface area (Å²) in [5.74, 6) is -0.0680. The summed E-state index contributed by atoms with van der Waals surface area (Å²) in [5.41, 5.74) is 2.07. The molecule has 2 aromatic carbocycles. The Balaban J connectivity index is 1.75. The zero-order valence-electron chi connectivity index (χ0n) is 16.5. The SMILES string of the molecule is CCSc1ccc(S(=O)(=O)n2ccc(-c3cn(CC(=O)O)c4cc(Cl)ccc34)c2)cc1. The highest BCUT2D eigenvalue weighted by molar-refractivity contribution is 7.99. The number of aromatic nitrogens is 2. The fraction of sp³-hybridized carbons (Fsp3) is 0.136. The molecule has 0 radical (unpaired) electrons. The largest absolute Gasteiger partial charge is 0.480 e. The fourth-order valence-corrected chi connectivity index (χ4v) is 5.48. The van der Waals surface area contributed by atoms with Gasteiger partial charge >= 0.3 is 5.97 Å². The molecule has 1 N–H and O–H groups in total. The third-order valence-electron chi connectivity index (χ3n) is 4.84. The number of rotatable bonds is 7. The summed E-state index contributed by atoms with van der Waals surface area (Å²) in [5, 5.41) is 10.5. The van der Waals surface area contributed by atoms with Crippen LogP contribution >= 0.6 is 23.4 Å². The first kappa shape index (κ1) is 21.5. The van der Waals surface area contributed by atoms with Crippen LogP contribution in [-0.4, -0.2) is 33.8 Å². The minimum Gasteiger partial charge on any atom is -0.480 e. The molecule has 4 aromatic rings. The molecule has 6 nitrogen and oxygen atoms in total. The molecule has 0 saturated heterocycles. The van der Waals surface area contributed by atoms with E-state index in [2.05, 4.69) is 0 Å². The lowest BCUT2D eigenvalue weighted by Crippen LogP contribution is -2.10. The summed E-state index contributed by atoms with van der Waals surface area (Å²) in [6, 6.07) is 13.7. The lowest BCUT2D eigenvalue weighted by molar-refractivity contribution is -0.137. The Kier molecular flexibility index (Phi) is 5.88. The zero-order chi connectivity index (χ0) is 22.2. The Morgan fingerprint density at radius 2 is 1.84 bits per heavy atom. The second-order valence-electron chi connectivity index (χ2n) is 6.87. The van der Waals surface area contributed by atoms with E-state index in [0.29, 0.717) is 16.1 Å². The molecule has 0 unspecified atom stereocenters. The number of nitrogens with zero attached hydrogens (tertiary/aromatic N) is 2. The van der Waals surface area contributed by atoms with Crippen LogP contribution in [0.5, 0.6) is 0 Å². The standard InChI is InChI=1S/C22H19ClN2O4S2/c1-2-30-17-4-6-18(7-5-17)31(28,29)25-10-9-15(12-25)20-13-24(14-22(26)27)21-11-16(23)3-8-19(20)21/h3-13H,2,14H2,1H3,(H,26,27). The highest BCUT2D eigenvalue weighted by atomic mass is 35.5. The maximum atomic E-state index is 13.1. The van der Waals surface area contributed by atoms with Crippen LogP contribution < -0.4 is 0 Å². The van der Waals surface area contributed by atoms with Crippen LogP contribution in [0.2, 0.25) is 5.02 Å². The van der Waals surface area contributed by atoms with Gasteiger partial charge in [0.25, 0.3) is 10.0 Å². The van der Waals surface area contributed by atoms with E-state index in [-0.39, 0.29) is 11.4 Å². The molecule has 0 atom stereocenters. The number of aliphatic carboxylic acids is 1. The highest BCUT2D eigenvalue weighted by Crippen LogP contribution is 2.33. The number of carbonyl (C=O) groups is 1. The van der Waals surface area contributed by atoms with Crippen molar-refractivity contribution in [2.45, 2.75) is 23.3 Å². The number of carboxylic acids is 1. The van der Waals surface area contributed by atoms with Crippen LogP contribution in [0.4, 0.5) is 0 Å². The van der Waals surface area contributed by atoms with Gasteiger partial charge in [0.05, 0.1) is 10.4 Å². The van der Waals surface area contributed by atoms with Crippen molar-refractivity contribution in [2.24, 2.45) is 0 Å². The first-order valence-electron chi connectivity index (χ1n) is 9.46. The Bertz CT molecular complexity index is 1370. The molecule has 2 heterocycles. The van der Waals surface area contributed by atoms with Gasteiger partial charge in [-0.2, -0.15) is 0 Å². The van der Waals surface area contributed by atoms with Gasteiger partial charge in [-0.1, -0.05) is 24.6 Å². The second kappa shape index (κ2) is 8.45. The van der Waals surface area contributed by atoms with Crippen LogP contribution in [0, 0.1) is 0 Å². The van der Waals surface area contributed by atoms with Crippen molar-refractivity contribution in [1.82, 2.24) is 8.54 Å². The zero-order valence-corrected chi connectivity index (χ0v) is 18.9. The molecular weight excluding hydrogens is 456 g/mol. The number of thioether (sulfide) groups is 1. The summed E-state index contributed by atoms with van der Waals surface area (Å²) < 4.78 is 28.9. The normalized spacial score (nSPS) is 11.8. The van der Waals surface area contributed by atoms with Crippen molar-refractivity contribution in [3.63, 3.8) is 0 Å². The average Bonchev–Trinajstić information content (AvgIpc) is 3.34. The van der Waals surface area contributed by atoms with Gasteiger partial charge in [0.2, 0.25) is 0 Å². The van der Waals surface area contributed by atoms with Crippen LogP contribution in [0.1, 0.15) is 6.92 Å². The summed E-state index contributed by atoms with van der Waals surface area (Å²) in [6.07, 6.45) is 4.74. The molecule has 160 valence electrons. The first-order chi connectivity index (χ1) is 14.8. The monoisotopic (exact) mass is 474 g/mol. The maximum absolute atomic E-state index is 13.1. The van der Waals surface area contributed by atoms with Crippen molar-refractivity contribution < 1.29 is 18.3 Å². The number of benzene rings is 2. The Morgan fingerprint density at radius 1 is 1.10 bits per heavy atom. The molecule has 31 heavy (non-hydrogen) atoms. The van der Waals surface area contributed by atoms with Crippen LogP contribution in [-0.2, 0) is 21.4 Å². The third-order valence-corrected chi connectivity index (χ3v) is 7.62. The van der Waals surface area contributed by atoms with Crippen LogP contribution in [0.15, 0.2) is 76.9 Å². The molecule has 0 aliphatic carbocycles. The smallest absolute Gasteiger partial charge is 0.323 e. The lowest BCUT2D eigenvalue weighted by atomic mass is 10.1. The molecule has 0 aliphatic rings. The summed E-state index contributed by atoms with van der Waals surface area (Å²) in [7, 11) is -3.74. The van der Waals surface area contributed by atoms with E-state index in [0.717, 1.165) is 21.6 Å². The van der Waals surface area contributed by atoms with Gasteiger partial charge in [-0.25, -0.2) is 12.4 Å². The van der Waals surface area contributed by atoms with Gasteiger partial charge in [0.1, 0.15) is 6.54 Å². The third kappa shape index (κ3) is 4.23. The minimum absolute atomic E-state index is 0.204. The molecule has 0 saturated carbocycles. The summed E-state index contributed by atoms with van der Waals surface area (Å²) in [6.45, 7) is 1.82. The Morgan fingerprint density at radius 3 is 2.52 bits per heavy atom. The van der Waals surface area contributed by atoms with Crippen molar-refractivity contribution in [1.29, 1.82) is 0 Å². The molecule has 0 amide bonds. The van der Waals surface area contributed by atoms with Crippen LogP contribution in [0.3, 0.4) is 0 Å². The number of carboxylic acid groups (broad SMARTS) is 1. The predicted molar refractivity (Wildman–Crippen MR) is 123 cm³/mol. The number of halogens is 1. The highest BCUT2D eigenvalue weighted by Gasteiger charge is 2.19. The van der Waals surface area contributed by atoms with E-state index in [9.17, 15) is 18.3 Å². The summed E-state index contributed by atoms with van der Waals surface area (Å²) in [4.78, 5) is 12.5. The van der Waals surface area contributed by atoms with Crippen molar-refractivity contribution >= 4 is 50.3 Å². The molecule has 0 fully saturated rings. The molecular formula is C22H19ClN2O4S2. The minimum atomic E-state index is -3.74. The number of fused-ring (bicyclic) bond motifs is 1. The molecule has 0 bridgehead atoms. The maximum Gasteiger partial charge on any atom is 0.323 e. The van der Waals surface area contributed by atoms with Gasteiger partial charge in [-0.3, -0.25) is 4.79 Å². The number of hydrogen-bond acceptors (Lipinski definition) is 4. The fourth-order valence-electron chi connectivity index (χ4n) is 3.45. The second-order valence-corrected chi connectivity index (χ2v) is 10.5. The average molecular weight is 475 g/mol. The van der Waals surface area contributed by atoms with Crippen molar-refractivity contribution in [3.8, 4) is 11.1 Å². The molecule has 0 spiro atoms. The molecule has 4 rings (SSSR count). The predicted octanol–water partition coefficient (Wildman–Crippen LogP) is 5.20. The van der Waals surface area contributed by atoms with Gasteiger partial charge in [0, 0.05) is 45.0 Å². The van der Waals surface area contributed by atoms with E-state index in [4.69, 9.17) is 11.6 Å². The van der Waals surface area contributed by atoms with E-state index in [1.54, 1.807) is 77.3 Å². The van der Waals surface area contributed by atoms with Crippen LogP contribution in [0.25, 0.3) is 22.0 Å². The van der Waals surface area contributed by atoms with Crippen molar-refractivity contribution in [3.05, 3.63) is 72.1 Å². The van der Waals surface area contributed by atoms with Gasteiger partial charge < -0.3 is 9.67 Å². The lowest BCUT2D eigenvalue weighted by Gasteiger charge is -2.06. The topological polar surface area (TPSA) is 81.3 Å². The molecule has 9 heteroatoms. The van der Waals surface area contributed by atoms with E-state index in [1.807, 2.05) is 6.92 Å². The van der Waals surface area contributed by atoms with E-state index in [1.165, 1.54) is 10.2 Å². The Labute approximate surface area is 189 Å². The van der Waals surface area contributed by atoms with E-state index >= 15 is 0 Å².